The van der Waals surface area contributed by atoms with E-state index in [1.165, 1.54) is 30.0 Å². The number of nitrogens with one attached hydrogen (secondary N) is 1. The molecule has 0 aliphatic carbocycles. The molecule has 12 heteroatoms. The number of piperidine rings is 1. The molecule has 2 aliphatic heterocycles. The summed E-state index contributed by atoms with van der Waals surface area (Å²) in [5.74, 6) is 0.192. The van der Waals surface area contributed by atoms with Crippen molar-refractivity contribution in [2.24, 2.45) is 0 Å². The fourth-order valence-electron chi connectivity index (χ4n) is 4.75. The zero-order valence-electron chi connectivity index (χ0n) is 20.5. The van der Waals surface area contributed by atoms with E-state index in [0.29, 0.717) is 66.5 Å². The van der Waals surface area contributed by atoms with Crippen LogP contribution in [0.1, 0.15) is 22.5 Å². The van der Waals surface area contributed by atoms with Crippen LogP contribution in [0.25, 0.3) is 11.0 Å². The van der Waals surface area contributed by atoms with Crippen molar-refractivity contribution < 1.29 is 23.8 Å². The molecule has 5 rings (SSSR count). The number of hydrogen-bond donors (Lipinski definition) is 2. The molecule has 0 radical (unpaired) electrons. The molecule has 0 spiro atoms. The first-order valence-electron chi connectivity index (χ1n) is 11.9. The number of pyridine rings is 3. The van der Waals surface area contributed by atoms with E-state index < -0.39 is 18.0 Å². The quantitative estimate of drug-likeness (QED) is 0.497. The number of methoxy groups -OCH3 is 1. The van der Waals surface area contributed by atoms with Crippen LogP contribution in [0.5, 0.6) is 5.88 Å². The molecule has 0 bridgehead atoms. The van der Waals surface area contributed by atoms with Gasteiger partial charge in [-0.15, -0.1) is 11.8 Å². The predicted molar refractivity (Wildman–Crippen MR) is 136 cm³/mol. The Morgan fingerprint density at radius 2 is 2.16 bits per heavy atom. The van der Waals surface area contributed by atoms with Gasteiger partial charge in [0, 0.05) is 38.3 Å². The van der Waals surface area contributed by atoms with Crippen molar-refractivity contribution in [3.63, 3.8) is 0 Å². The van der Waals surface area contributed by atoms with Gasteiger partial charge in [-0.05, 0) is 31.0 Å². The molecule has 1 fully saturated rings. The van der Waals surface area contributed by atoms with Gasteiger partial charge < -0.3 is 25.0 Å². The summed E-state index contributed by atoms with van der Waals surface area (Å²) in [5, 5.41) is 13.6. The van der Waals surface area contributed by atoms with Crippen molar-refractivity contribution in [1.29, 1.82) is 0 Å². The Morgan fingerprint density at radius 1 is 1.32 bits per heavy atom. The maximum absolute atomic E-state index is 14.6. The van der Waals surface area contributed by atoms with Gasteiger partial charge in [-0.3, -0.25) is 14.6 Å². The van der Waals surface area contributed by atoms with Crippen LogP contribution >= 0.6 is 11.8 Å². The molecule has 37 heavy (non-hydrogen) atoms. The lowest BCUT2D eigenvalue weighted by Crippen LogP contribution is -2.54. The number of carbonyl (C=O) groups excluding carboxylic acids is 2. The highest BCUT2D eigenvalue weighted by atomic mass is 32.2. The standard InChI is InChI=1S/C25H27FN6O4S/c1-31(25(35)17-3-5-20-24(28-17)29-21(34)13-37-20)18-8-10-32(12-19(18)33)9-7-14-15(26)11-27-16-4-6-22(36-2)30-23(14)16/h3-6,11,18-19,33H,7-10,12-13H2,1-2H3,(H,28,29,34)/t18-,19-/m1/s1. The minimum absolute atomic E-state index is 0.152. The van der Waals surface area contributed by atoms with Crippen molar-refractivity contribution in [2.75, 3.05) is 44.9 Å². The third-order valence-corrected chi connectivity index (χ3v) is 7.82. The average Bonchev–Trinajstić information content (AvgIpc) is 2.91. The van der Waals surface area contributed by atoms with E-state index in [9.17, 15) is 19.1 Å². The van der Waals surface area contributed by atoms with Crippen LogP contribution in [0.2, 0.25) is 0 Å². The Bertz CT molecular complexity index is 1360. The Kier molecular flexibility index (Phi) is 7.22. The summed E-state index contributed by atoms with van der Waals surface area (Å²) >= 11 is 1.38. The first-order valence-corrected chi connectivity index (χ1v) is 12.9. The number of hydrogen-bond acceptors (Lipinski definition) is 9. The molecule has 0 saturated carbocycles. The summed E-state index contributed by atoms with van der Waals surface area (Å²) in [6.45, 7) is 1.49. The summed E-state index contributed by atoms with van der Waals surface area (Å²) in [6.07, 6.45) is 1.35. The third kappa shape index (κ3) is 5.22. The maximum atomic E-state index is 14.6. The van der Waals surface area contributed by atoms with Crippen LogP contribution < -0.4 is 10.1 Å². The Labute approximate surface area is 217 Å². The van der Waals surface area contributed by atoms with Crippen LogP contribution in [-0.2, 0) is 11.2 Å². The molecule has 0 aromatic carbocycles. The molecule has 2 atom stereocenters. The van der Waals surface area contributed by atoms with Crippen molar-refractivity contribution in [3.05, 3.63) is 47.5 Å². The van der Waals surface area contributed by atoms with Crippen molar-refractivity contribution in [2.45, 2.75) is 29.9 Å². The van der Waals surface area contributed by atoms with Crippen LogP contribution in [0, 0.1) is 5.82 Å². The van der Waals surface area contributed by atoms with E-state index in [1.54, 1.807) is 31.3 Å². The molecular weight excluding hydrogens is 499 g/mol. The van der Waals surface area contributed by atoms with Gasteiger partial charge >= 0.3 is 0 Å². The third-order valence-electron chi connectivity index (χ3n) is 6.77. The second kappa shape index (κ2) is 10.6. The molecule has 2 aliphatic rings. The molecule has 0 unspecified atom stereocenters. The van der Waals surface area contributed by atoms with Crippen LogP contribution in [-0.4, -0.2) is 93.4 Å². The van der Waals surface area contributed by atoms with E-state index in [-0.39, 0.29) is 17.5 Å². The summed E-state index contributed by atoms with van der Waals surface area (Å²) in [7, 11) is 3.16. The highest BCUT2D eigenvalue weighted by Crippen LogP contribution is 2.30. The molecule has 194 valence electrons. The number of likely N-dealkylation sites (N-methyl/N-ethyl adjacent to an activating group) is 1. The number of β-amino-alcohol motifs (C(OH)–C–C–N with tert-alkyl or cyclic N) is 1. The van der Waals surface area contributed by atoms with Crippen molar-refractivity contribution >= 4 is 40.4 Å². The van der Waals surface area contributed by atoms with E-state index >= 15 is 0 Å². The molecule has 3 aromatic heterocycles. The Morgan fingerprint density at radius 3 is 2.95 bits per heavy atom. The Balaban J connectivity index is 1.23. The summed E-state index contributed by atoms with van der Waals surface area (Å²) < 4.78 is 19.8. The number of aliphatic hydroxyl groups is 1. The topological polar surface area (TPSA) is 121 Å². The lowest BCUT2D eigenvalue weighted by Gasteiger charge is -2.40. The summed E-state index contributed by atoms with van der Waals surface area (Å²) in [6, 6.07) is 6.45. The number of anilines is 1. The largest absolute Gasteiger partial charge is 0.481 e. The zero-order chi connectivity index (χ0) is 26.1. The predicted octanol–water partition coefficient (Wildman–Crippen LogP) is 1.97. The number of thioether (sulfide) groups is 1. The van der Waals surface area contributed by atoms with E-state index in [2.05, 4.69) is 25.2 Å². The molecule has 2 N–H and O–H groups in total. The lowest BCUT2D eigenvalue weighted by atomic mass is 9.99. The highest BCUT2D eigenvalue weighted by molar-refractivity contribution is 8.00. The van der Waals surface area contributed by atoms with Gasteiger partial charge in [0.05, 0.1) is 47.1 Å². The average molecular weight is 527 g/mol. The monoisotopic (exact) mass is 526 g/mol. The number of rotatable bonds is 6. The minimum Gasteiger partial charge on any atom is -0.481 e. The van der Waals surface area contributed by atoms with Crippen LogP contribution in [0.4, 0.5) is 10.2 Å². The van der Waals surface area contributed by atoms with E-state index in [0.717, 1.165) is 4.90 Å². The number of amides is 2. The molecule has 1 saturated heterocycles. The van der Waals surface area contributed by atoms with Gasteiger partial charge in [0.1, 0.15) is 17.3 Å². The number of aromatic nitrogens is 3. The number of ether oxygens (including phenoxy) is 1. The lowest BCUT2D eigenvalue weighted by molar-refractivity contribution is -0.113. The van der Waals surface area contributed by atoms with Crippen LogP contribution in [0.3, 0.4) is 0 Å². The summed E-state index contributed by atoms with van der Waals surface area (Å²) in [5.41, 5.74) is 1.72. The van der Waals surface area contributed by atoms with Gasteiger partial charge in [0.25, 0.3) is 5.91 Å². The van der Waals surface area contributed by atoms with E-state index in [1.807, 2.05) is 0 Å². The van der Waals surface area contributed by atoms with Gasteiger partial charge in [-0.2, -0.15) is 0 Å². The summed E-state index contributed by atoms with van der Waals surface area (Å²) in [4.78, 5) is 42.0. The smallest absolute Gasteiger partial charge is 0.272 e. The van der Waals surface area contributed by atoms with Gasteiger partial charge in [0.2, 0.25) is 11.8 Å². The fourth-order valence-corrected chi connectivity index (χ4v) is 5.51. The first kappa shape index (κ1) is 25.3. The van der Waals surface area contributed by atoms with Crippen molar-refractivity contribution in [1.82, 2.24) is 24.8 Å². The number of nitrogens with zero attached hydrogens (tertiary/aromatic N) is 5. The number of likely N-dealkylation sites (tertiary alicyclic amines) is 1. The zero-order valence-corrected chi connectivity index (χ0v) is 21.3. The van der Waals surface area contributed by atoms with E-state index in [4.69, 9.17) is 4.74 Å². The molecule has 10 nitrogen and oxygen atoms in total. The highest BCUT2D eigenvalue weighted by Gasteiger charge is 2.34. The normalized spacial score (nSPS) is 19.8. The second-order valence-corrected chi connectivity index (χ2v) is 10.1. The second-order valence-electron chi connectivity index (χ2n) is 9.08. The minimum atomic E-state index is -0.784. The number of fused-ring (bicyclic) bond motifs is 2. The van der Waals surface area contributed by atoms with Gasteiger partial charge in [-0.25, -0.2) is 14.4 Å². The SMILES string of the molecule is COc1ccc2ncc(F)c(CCN3CC[C@@H](N(C)C(=O)c4ccc5c(n4)NC(=O)CS5)[C@H](O)C3)c2n1. The number of carbonyl (C=O) groups is 2. The first-order chi connectivity index (χ1) is 17.8. The Hall–Kier alpha value is -3.35. The maximum Gasteiger partial charge on any atom is 0.272 e. The molecule has 5 heterocycles. The van der Waals surface area contributed by atoms with Gasteiger partial charge in [-0.1, -0.05) is 0 Å². The van der Waals surface area contributed by atoms with Crippen LogP contribution in [0.15, 0.2) is 35.4 Å². The molecule has 2 amide bonds. The van der Waals surface area contributed by atoms with Crippen molar-refractivity contribution in [3.8, 4) is 5.88 Å². The van der Waals surface area contributed by atoms with Gasteiger partial charge in [0.15, 0.2) is 0 Å². The number of halogens is 1. The molecule has 3 aromatic rings. The molecular formula is C25H27FN6O4S. The number of aliphatic hydroxyl groups excluding tert-OH is 1. The fraction of sp³-hybridized carbons (Fsp3) is 0.400.